The van der Waals surface area contributed by atoms with Crippen molar-refractivity contribution < 1.29 is 48.6 Å². The molecule has 0 amide bonds. The molecule has 6 nitrogen and oxygen atoms in total. The summed E-state index contributed by atoms with van der Waals surface area (Å²) in [5, 5.41) is 20.1. The van der Waals surface area contributed by atoms with Crippen molar-refractivity contribution in [3.63, 3.8) is 0 Å². The van der Waals surface area contributed by atoms with Crippen LogP contribution in [-0.2, 0) is 28.5 Å². The lowest BCUT2D eigenvalue weighted by atomic mass is 9.86. The van der Waals surface area contributed by atoms with Crippen LogP contribution in [0.4, 0.5) is 13.2 Å². The summed E-state index contributed by atoms with van der Waals surface area (Å²) in [5.74, 6) is -2.55. The van der Waals surface area contributed by atoms with Crippen LogP contribution in [0, 0.1) is 5.82 Å². The van der Waals surface area contributed by atoms with Gasteiger partial charge in [0.15, 0.2) is 11.5 Å². The highest BCUT2D eigenvalue weighted by Crippen LogP contribution is 2.52. The number of fused-ring (bicyclic) bond motifs is 2. The molecule has 1 aliphatic carbocycles. The number of carbonyl (C=O) groups is 1. The lowest BCUT2D eigenvalue weighted by molar-refractivity contribution is -0.286. The second-order valence-electron chi connectivity index (χ2n) is 9.90. The molecule has 2 aliphatic rings. The van der Waals surface area contributed by atoms with Gasteiger partial charge in [0, 0.05) is 22.9 Å². The number of carbonyl (C=O) groups excluding carboxylic acids is 1. The zero-order valence-electron chi connectivity index (χ0n) is 28.3. The first kappa shape index (κ1) is 17.5. The molecule has 0 spiro atoms. The van der Waals surface area contributed by atoms with Crippen LogP contribution in [0.2, 0.25) is 0 Å². The Morgan fingerprint density at radius 2 is 1.97 bits per heavy atom. The van der Waals surface area contributed by atoms with Crippen LogP contribution >= 0.6 is 0 Å². The Morgan fingerprint density at radius 1 is 1.27 bits per heavy atom. The number of nitrogens with zero attached hydrogens (tertiary/aromatic N) is 1. The highest BCUT2D eigenvalue weighted by atomic mass is 19.3. The number of hydrogen-bond acceptors (Lipinski definition) is 5. The van der Waals surface area contributed by atoms with E-state index in [1.54, 1.807) is 20.8 Å². The van der Waals surface area contributed by atoms with Crippen LogP contribution in [0.25, 0.3) is 10.9 Å². The third kappa shape index (κ3) is 4.48. The van der Waals surface area contributed by atoms with Crippen LogP contribution in [0.15, 0.2) is 36.3 Å². The maximum absolute atomic E-state index is 16.0. The van der Waals surface area contributed by atoms with Crippen molar-refractivity contribution in [3.05, 3.63) is 59.0 Å². The van der Waals surface area contributed by atoms with E-state index in [1.165, 1.54) is 18.2 Å². The van der Waals surface area contributed by atoms with Crippen LogP contribution < -0.4 is 9.47 Å². The molecule has 9 heteroatoms. The molecular weight excluding hydrogens is 487 g/mol. The largest absolute Gasteiger partial charge is 0.586 e. The Labute approximate surface area is 223 Å². The predicted molar refractivity (Wildman–Crippen MR) is 131 cm³/mol. The molecule has 37 heavy (non-hydrogen) atoms. The molecule has 2 heterocycles. The Kier molecular flexibility index (Phi) is 4.14. The average Bonchev–Trinajstić information content (AvgIpc) is 3.58. The Balaban J connectivity index is 1.68. The molecule has 2 aromatic carbocycles. The van der Waals surface area contributed by atoms with Crippen molar-refractivity contribution in [1.82, 2.24) is 4.57 Å². The Hall–Kier alpha value is -3.04. The number of alkyl halides is 2. The van der Waals surface area contributed by atoms with E-state index in [4.69, 9.17) is 11.0 Å². The molecule has 0 saturated heterocycles. The quantitative estimate of drug-likeness (QED) is 0.412. The van der Waals surface area contributed by atoms with E-state index < -0.39 is 88.9 Å². The van der Waals surface area contributed by atoms with Gasteiger partial charge in [-0.1, -0.05) is 26.8 Å². The van der Waals surface area contributed by atoms with E-state index in [-0.39, 0.29) is 36.5 Å². The summed E-state index contributed by atoms with van der Waals surface area (Å²) < 4.78 is 119. The molecule has 2 N–H and O–H groups in total. The van der Waals surface area contributed by atoms with Gasteiger partial charge in [-0.25, -0.2) is 4.39 Å². The van der Waals surface area contributed by atoms with Crippen LogP contribution in [0.3, 0.4) is 0 Å². The lowest BCUT2D eigenvalue weighted by Crippen LogP contribution is -2.26. The summed E-state index contributed by atoms with van der Waals surface area (Å²) >= 11 is 0. The molecule has 0 unspecified atom stereocenters. The third-order valence-electron chi connectivity index (χ3n) is 7.12. The number of ether oxygens (including phenoxy) is 2. The van der Waals surface area contributed by atoms with Crippen molar-refractivity contribution in [2.45, 2.75) is 76.2 Å². The highest BCUT2D eigenvalue weighted by molar-refractivity contribution is 5.95. The monoisotopic (exact) mass is 525 g/mol. The SMILES string of the molecule is [2H]c1c(CC(=O)C2(c3ccc4c(c3)OC(F)(F)O4)CC2)c(F)c([2H])c2c1c([2H])c(C(C)(C)CC)n2C([2H])([2H])[C@@]([2H])(O)C([2H])([2H])O. The first-order valence-electron chi connectivity index (χ1n) is 15.7. The number of rotatable bonds is 9. The summed E-state index contributed by atoms with van der Waals surface area (Å²) in [7, 11) is 0. The van der Waals surface area contributed by atoms with Crippen molar-refractivity contribution in [2.75, 3.05) is 6.56 Å². The van der Waals surface area contributed by atoms with E-state index >= 15 is 4.39 Å². The number of aliphatic hydroxyl groups is 2. The van der Waals surface area contributed by atoms with Gasteiger partial charge in [0.05, 0.1) is 41.0 Å². The molecule has 0 bridgehead atoms. The third-order valence-corrected chi connectivity index (χ3v) is 7.12. The van der Waals surface area contributed by atoms with Crippen LogP contribution in [0.1, 0.15) is 67.8 Å². The minimum atomic E-state index is -3.94. The molecule has 1 fully saturated rings. The average molecular weight is 526 g/mol. The van der Waals surface area contributed by atoms with Gasteiger partial charge in [-0.05, 0) is 60.6 Å². The van der Waals surface area contributed by atoms with Gasteiger partial charge in [0.25, 0.3) is 0 Å². The van der Waals surface area contributed by atoms with E-state index in [2.05, 4.69) is 9.47 Å². The summed E-state index contributed by atoms with van der Waals surface area (Å²) in [6.45, 7) is -2.73. The molecule has 3 aromatic rings. The maximum Gasteiger partial charge on any atom is 0.586 e. The van der Waals surface area contributed by atoms with Gasteiger partial charge in [0.1, 0.15) is 11.6 Å². The number of Topliss-reactive ketones (excluding diaryl/α,β-unsaturated/α-hetero) is 1. The Morgan fingerprint density at radius 3 is 2.62 bits per heavy atom. The topological polar surface area (TPSA) is 80.9 Å². The fourth-order valence-electron chi connectivity index (χ4n) is 4.48. The van der Waals surface area contributed by atoms with Gasteiger partial charge < -0.3 is 24.3 Å². The van der Waals surface area contributed by atoms with E-state index in [0.29, 0.717) is 10.1 Å². The first-order chi connectivity index (χ1) is 20.4. The second kappa shape index (κ2) is 8.77. The zero-order valence-corrected chi connectivity index (χ0v) is 20.3. The first-order valence-corrected chi connectivity index (χ1v) is 11.7. The summed E-state index contributed by atoms with van der Waals surface area (Å²) in [6, 6.07) is 1.45. The minimum Gasteiger partial charge on any atom is -0.395 e. The normalized spacial score (nSPS) is 23.0. The van der Waals surface area contributed by atoms with Crippen molar-refractivity contribution in [2.24, 2.45) is 0 Å². The fourth-order valence-corrected chi connectivity index (χ4v) is 4.48. The van der Waals surface area contributed by atoms with Gasteiger partial charge in [-0.3, -0.25) is 4.79 Å². The summed E-state index contributed by atoms with van der Waals surface area (Å²) in [5.41, 5.74) is -3.74. The van der Waals surface area contributed by atoms with Gasteiger partial charge >= 0.3 is 6.29 Å². The fraction of sp³-hybridized carbons (Fsp3) is 0.464. The molecule has 1 aromatic heterocycles. The van der Waals surface area contributed by atoms with Crippen molar-refractivity contribution >= 4 is 16.7 Å². The molecule has 0 radical (unpaired) electrons. The second-order valence-corrected chi connectivity index (χ2v) is 9.90. The molecule has 1 aliphatic heterocycles. The number of benzene rings is 2. The summed E-state index contributed by atoms with van der Waals surface area (Å²) in [6.07, 6.45) is -7.83. The van der Waals surface area contributed by atoms with Crippen molar-refractivity contribution in [1.29, 1.82) is 0 Å². The number of aromatic nitrogens is 1. The van der Waals surface area contributed by atoms with Gasteiger partial charge in [0.2, 0.25) is 0 Å². The lowest BCUT2D eigenvalue weighted by Gasteiger charge is -2.26. The number of ketones is 1. The highest BCUT2D eigenvalue weighted by Gasteiger charge is 2.52. The smallest absolute Gasteiger partial charge is 0.395 e. The number of hydrogen-bond donors (Lipinski definition) is 2. The molecule has 5 rings (SSSR count). The standard InChI is InChI=1S/C28H30F3NO5/c1-4-26(2,3)24-10-17-9-16(20(29)13-21(17)32(24)14-19(34)15-33)11-25(35)27(7-8-27)18-5-6-22-23(12-18)37-28(30,31)36-22/h5-6,9-10,12-13,19,33-34H,4,7-8,11,14-15H2,1-3H3/t19-/m1/s1/i9D,10D,13D,14D2,15D2,19D. The Bertz CT molecular complexity index is 1750. The van der Waals surface area contributed by atoms with E-state index in [0.717, 1.165) is 0 Å². The van der Waals surface area contributed by atoms with Gasteiger partial charge in [-0.2, -0.15) is 0 Å². The van der Waals surface area contributed by atoms with Crippen LogP contribution in [-0.4, -0.2) is 39.5 Å². The van der Waals surface area contributed by atoms with Crippen molar-refractivity contribution in [3.8, 4) is 11.5 Å². The molecular formula is C28H30F3NO5. The molecule has 1 saturated carbocycles. The zero-order chi connectivity index (χ0) is 33.9. The van der Waals surface area contributed by atoms with E-state index in [9.17, 15) is 23.8 Å². The minimum absolute atomic E-state index is 0.201. The van der Waals surface area contributed by atoms with Gasteiger partial charge in [-0.15, -0.1) is 8.78 Å². The molecule has 1 atom stereocenters. The number of halogens is 3. The maximum atomic E-state index is 16.0. The predicted octanol–water partition coefficient (Wildman–Crippen LogP) is 4.99. The summed E-state index contributed by atoms with van der Waals surface area (Å²) in [4.78, 5) is 13.7. The van der Waals surface area contributed by atoms with E-state index in [1.807, 2.05) is 0 Å². The molecule has 198 valence electrons. The van der Waals surface area contributed by atoms with Crippen LogP contribution in [0.5, 0.6) is 11.5 Å².